The third-order valence-corrected chi connectivity index (χ3v) is 7.31. The van der Waals surface area contributed by atoms with Crippen LogP contribution in [0.3, 0.4) is 0 Å². The van der Waals surface area contributed by atoms with Crippen LogP contribution in [-0.2, 0) is 34.2 Å². The molecule has 29 heavy (non-hydrogen) atoms. The van der Waals surface area contributed by atoms with Crippen LogP contribution in [-0.4, -0.2) is 18.5 Å². The second-order valence-electron chi connectivity index (χ2n) is 5.54. The summed E-state index contributed by atoms with van der Waals surface area (Å²) in [6, 6.07) is 29.1. The van der Waals surface area contributed by atoms with E-state index in [2.05, 4.69) is 0 Å². The fourth-order valence-electron chi connectivity index (χ4n) is 2.36. The first-order valence-electron chi connectivity index (χ1n) is 7.87. The molecule has 0 spiro atoms. The van der Waals surface area contributed by atoms with Crippen molar-refractivity contribution in [2.75, 3.05) is 0 Å². The molecule has 0 amide bonds. The fraction of sp³-hybridized carbons (Fsp3) is 0.0526. The number of alkyl halides is 3. The molecule has 0 heterocycles. The molecule has 4 nitrogen and oxygen atoms in total. The van der Waals surface area contributed by atoms with Crippen molar-refractivity contribution in [2.45, 2.75) is 5.51 Å². The van der Waals surface area contributed by atoms with E-state index in [1.165, 1.54) is 0 Å². The molecule has 0 unspecified atom stereocenters. The molecule has 3 aromatic carbocycles. The van der Waals surface area contributed by atoms with Crippen molar-refractivity contribution in [2.24, 2.45) is 0 Å². The zero-order valence-corrected chi connectivity index (χ0v) is 19.7. The monoisotopic (exact) mass is 492 g/mol. The van der Waals surface area contributed by atoms with Gasteiger partial charge in [-0.1, -0.05) is 91.0 Å². The Labute approximate surface area is 179 Å². The van der Waals surface area contributed by atoms with Crippen LogP contribution in [0.2, 0.25) is 0 Å². The minimum atomic E-state index is -5.84. The third kappa shape index (κ3) is 6.35. The molecule has 1 N–H and O–H groups in total. The van der Waals surface area contributed by atoms with E-state index in [4.69, 9.17) is 13.0 Å². The molecule has 3 rings (SSSR count). The van der Waals surface area contributed by atoms with E-state index in [0.29, 0.717) is 0 Å². The van der Waals surface area contributed by atoms with Crippen LogP contribution in [0.4, 0.5) is 13.2 Å². The number of halogens is 3. The van der Waals surface area contributed by atoms with Crippen molar-refractivity contribution in [1.29, 1.82) is 0 Å². The van der Waals surface area contributed by atoms with Gasteiger partial charge in [0.05, 0.1) is 0 Å². The smallest absolute Gasteiger partial charge is 0.309 e. The number of hydrogen-bond donors (Lipinski definition) is 1. The second-order valence-corrected chi connectivity index (χ2v) is 9.72. The SMILES string of the molecule is O=P(c1ccccc1)(c1ccccc1)c1ccccc1.O=S(=O)(O)C(F)(F)F.[Zn]. The number of hydrogen-bond acceptors (Lipinski definition) is 3. The van der Waals surface area contributed by atoms with Crippen LogP contribution in [0.5, 0.6) is 0 Å². The Morgan fingerprint density at radius 3 is 1.03 bits per heavy atom. The first-order chi connectivity index (χ1) is 13.1. The van der Waals surface area contributed by atoms with Crippen LogP contribution < -0.4 is 15.9 Å². The fourth-order valence-corrected chi connectivity index (χ4v) is 5.03. The van der Waals surface area contributed by atoms with Gasteiger partial charge in [0.2, 0.25) is 0 Å². The predicted molar refractivity (Wildman–Crippen MR) is 103 cm³/mol. The predicted octanol–water partition coefficient (Wildman–Crippen LogP) is 3.72. The van der Waals surface area contributed by atoms with Gasteiger partial charge in [0.1, 0.15) is 0 Å². The normalized spacial score (nSPS) is 11.6. The van der Waals surface area contributed by atoms with Gasteiger partial charge >= 0.3 is 15.6 Å². The summed E-state index contributed by atoms with van der Waals surface area (Å²) in [5.74, 6) is 0. The van der Waals surface area contributed by atoms with Gasteiger partial charge in [0.15, 0.2) is 7.14 Å². The molecule has 0 saturated heterocycles. The van der Waals surface area contributed by atoms with Gasteiger partial charge in [0.25, 0.3) is 0 Å². The topological polar surface area (TPSA) is 71.4 Å². The Morgan fingerprint density at radius 1 is 0.655 bits per heavy atom. The molecule has 0 aliphatic heterocycles. The van der Waals surface area contributed by atoms with Crippen LogP contribution in [0.25, 0.3) is 0 Å². The van der Waals surface area contributed by atoms with Gasteiger partial charge in [-0.3, -0.25) is 4.55 Å². The average Bonchev–Trinajstić information content (AvgIpc) is 2.68. The van der Waals surface area contributed by atoms with Crippen molar-refractivity contribution in [1.82, 2.24) is 0 Å². The molecular formula is C19H16F3O4PSZn. The largest absolute Gasteiger partial charge is 0.522 e. The zero-order valence-electron chi connectivity index (χ0n) is 15.0. The maximum Gasteiger partial charge on any atom is 0.522 e. The van der Waals surface area contributed by atoms with E-state index < -0.39 is 22.8 Å². The van der Waals surface area contributed by atoms with Crippen molar-refractivity contribution in [3.05, 3.63) is 91.0 Å². The summed E-state index contributed by atoms with van der Waals surface area (Å²) in [5.41, 5.74) is -5.53. The first kappa shape index (κ1) is 25.3. The summed E-state index contributed by atoms with van der Waals surface area (Å²) >= 11 is 0. The van der Waals surface area contributed by atoms with Crippen LogP contribution in [0, 0.1) is 0 Å². The summed E-state index contributed by atoms with van der Waals surface area (Å²) in [5, 5.41) is 2.62. The molecule has 3 aromatic rings. The Balaban J connectivity index is 0.000000403. The van der Waals surface area contributed by atoms with E-state index in [1.54, 1.807) is 0 Å². The number of benzene rings is 3. The van der Waals surface area contributed by atoms with Crippen LogP contribution >= 0.6 is 7.14 Å². The summed E-state index contributed by atoms with van der Waals surface area (Å²) in [4.78, 5) is 0. The molecule has 0 bridgehead atoms. The van der Waals surface area contributed by atoms with Crippen LogP contribution in [0.1, 0.15) is 0 Å². The van der Waals surface area contributed by atoms with Gasteiger partial charge in [-0.15, -0.1) is 0 Å². The summed E-state index contributed by atoms with van der Waals surface area (Å²) in [6.45, 7) is 0. The third-order valence-electron chi connectivity index (χ3n) is 3.65. The molecule has 0 atom stereocenters. The van der Waals surface area contributed by atoms with Gasteiger partial charge in [-0.2, -0.15) is 21.6 Å². The van der Waals surface area contributed by atoms with Crippen LogP contribution in [0.15, 0.2) is 91.0 Å². The van der Waals surface area contributed by atoms with Crippen molar-refractivity contribution in [3.8, 4) is 0 Å². The molecule has 0 radical (unpaired) electrons. The molecule has 0 fully saturated rings. The van der Waals surface area contributed by atoms with Crippen molar-refractivity contribution < 1.29 is 50.2 Å². The standard InChI is InChI=1S/C18H15OP.CHF3O3S.Zn/c19-20(16-10-4-1-5-11-16,17-12-6-2-7-13-17)18-14-8-3-9-15-18;2-1(3,4)8(5,6)7;/h1-15H;(H,5,6,7);. The molecule has 0 aromatic heterocycles. The molecule has 150 valence electrons. The van der Waals surface area contributed by atoms with Crippen molar-refractivity contribution >= 4 is 33.2 Å². The zero-order chi connectivity index (χ0) is 20.8. The van der Waals surface area contributed by atoms with Gasteiger partial charge in [0, 0.05) is 35.4 Å². The van der Waals surface area contributed by atoms with E-state index in [-0.39, 0.29) is 19.5 Å². The quantitative estimate of drug-likeness (QED) is 0.261. The Bertz CT molecular complexity index is 942. The van der Waals surface area contributed by atoms with Gasteiger partial charge in [-0.05, 0) is 0 Å². The van der Waals surface area contributed by atoms with E-state index >= 15 is 0 Å². The first-order valence-corrected chi connectivity index (χ1v) is 11.0. The Hall–Kier alpha value is -1.79. The summed E-state index contributed by atoms with van der Waals surface area (Å²) in [6.07, 6.45) is 0. The van der Waals surface area contributed by atoms with Crippen molar-refractivity contribution in [3.63, 3.8) is 0 Å². The number of rotatable bonds is 3. The van der Waals surface area contributed by atoms with E-state index in [1.807, 2.05) is 91.0 Å². The maximum atomic E-state index is 13.8. The average molecular weight is 494 g/mol. The molecule has 0 aliphatic carbocycles. The summed E-state index contributed by atoms with van der Waals surface area (Å²) < 4.78 is 71.4. The molecule has 10 heteroatoms. The van der Waals surface area contributed by atoms with E-state index in [0.717, 1.165) is 15.9 Å². The van der Waals surface area contributed by atoms with Gasteiger partial charge < -0.3 is 4.57 Å². The summed E-state index contributed by atoms with van der Waals surface area (Å²) in [7, 11) is -8.62. The minimum Gasteiger partial charge on any atom is -0.309 e. The molecular weight excluding hydrogens is 478 g/mol. The molecule has 0 saturated carbocycles. The maximum absolute atomic E-state index is 13.8. The Morgan fingerprint density at radius 2 is 0.862 bits per heavy atom. The Kier molecular flexibility index (Phi) is 8.97. The van der Waals surface area contributed by atoms with Gasteiger partial charge in [-0.25, -0.2) is 0 Å². The second kappa shape index (κ2) is 10.3. The molecule has 0 aliphatic rings. The van der Waals surface area contributed by atoms with E-state index in [9.17, 15) is 17.7 Å². The minimum absolute atomic E-state index is 0.